The summed E-state index contributed by atoms with van der Waals surface area (Å²) >= 11 is 3.51. The summed E-state index contributed by atoms with van der Waals surface area (Å²) < 4.78 is 0.898. The van der Waals surface area contributed by atoms with E-state index < -0.39 is 0 Å². The number of nitrogens with two attached hydrogens (primary N) is 2. The maximum atomic E-state index is 13.7. The fraction of sp³-hybridized carbons (Fsp3) is 0. The first-order valence-electron chi connectivity index (χ1n) is 41.4. The molecule has 13 heteroatoms. The van der Waals surface area contributed by atoms with Crippen molar-refractivity contribution in [1.82, 2.24) is 39.9 Å². The number of hydrogen-bond acceptors (Lipinski definition) is 11. The molecule has 1 amide bonds. The molecule has 0 spiro atoms. The van der Waals surface area contributed by atoms with Gasteiger partial charge in [-0.05, 0) is 103 Å². The SMILES string of the molecule is Nc1c(-c2ccc(-c3cc(-c4ccccc4)nc(-c4ccccc4)n3)cc2)cccc1-c1ccccc1-c1cccnc1.Nc1c(Br)cccc1-c1ccc(-c2cc(-c3ccccc3)nc(-c3ccccc3)n2)cc1.O=C(Nc1c(-c2ccc(-c3cc(-c4ccccc4)nc(-c4ccccc4)n3)cc2)cccc1-c1ccccc1-c1cccnc1)c1ccccc1. The third-order valence-corrected chi connectivity index (χ3v) is 22.5. The van der Waals surface area contributed by atoms with Gasteiger partial charge in [0.1, 0.15) is 0 Å². The first-order valence-corrected chi connectivity index (χ1v) is 42.2. The number of hydrogen-bond donors (Lipinski definition) is 3. The Hall–Kier alpha value is -16.6. The highest BCUT2D eigenvalue weighted by Gasteiger charge is 2.22. The number of carbonyl (C=O) groups is 1. The highest BCUT2D eigenvalue weighted by atomic mass is 79.9. The minimum absolute atomic E-state index is 0.178. The molecule has 0 unspecified atom stereocenters. The van der Waals surface area contributed by atoms with Crippen LogP contribution in [-0.2, 0) is 0 Å². The van der Waals surface area contributed by atoms with Crippen molar-refractivity contribution in [3.63, 3.8) is 0 Å². The number of anilines is 3. The molecule has 0 saturated carbocycles. The van der Waals surface area contributed by atoms with Gasteiger partial charge in [-0.15, -0.1) is 0 Å². The lowest BCUT2D eigenvalue weighted by atomic mass is 9.90. The summed E-state index contributed by atoms with van der Waals surface area (Å²) in [4.78, 5) is 52.0. The third-order valence-electron chi connectivity index (χ3n) is 21.8. The molecule has 600 valence electrons. The first-order chi connectivity index (χ1) is 62.1. The molecule has 0 saturated heterocycles. The van der Waals surface area contributed by atoms with E-state index in [9.17, 15) is 4.79 Å². The number of nitrogens with one attached hydrogen (secondary N) is 1. The minimum Gasteiger partial charge on any atom is -0.398 e. The van der Waals surface area contributed by atoms with E-state index in [4.69, 9.17) is 41.4 Å². The molecule has 15 aromatic carbocycles. The van der Waals surface area contributed by atoms with Crippen LogP contribution in [-0.4, -0.2) is 45.8 Å². The van der Waals surface area contributed by atoms with E-state index in [1.165, 1.54) is 0 Å². The van der Waals surface area contributed by atoms with Crippen molar-refractivity contribution < 1.29 is 4.79 Å². The van der Waals surface area contributed by atoms with Crippen LogP contribution >= 0.6 is 15.9 Å². The van der Waals surface area contributed by atoms with Gasteiger partial charge in [0.25, 0.3) is 5.91 Å². The fourth-order valence-electron chi connectivity index (χ4n) is 15.4. The van der Waals surface area contributed by atoms with Gasteiger partial charge in [-0.2, -0.15) is 0 Å². The molecule has 126 heavy (non-hydrogen) atoms. The van der Waals surface area contributed by atoms with Gasteiger partial charge < -0.3 is 16.8 Å². The Bertz CT molecular complexity index is 6980. The highest BCUT2D eigenvalue weighted by Crippen LogP contribution is 2.45. The number of carbonyl (C=O) groups excluding carboxylic acids is 1. The number of para-hydroxylation sites is 3. The summed E-state index contributed by atoms with van der Waals surface area (Å²) in [6, 6.07) is 144. The van der Waals surface area contributed by atoms with E-state index in [1.807, 2.05) is 261 Å². The molecule has 0 aliphatic carbocycles. The summed E-state index contributed by atoms with van der Waals surface area (Å²) in [6.07, 6.45) is 7.31. The van der Waals surface area contributed by atoms with Crippen LogP contribution in [0.3, 0.4) is 0 Å². The van der Waals surface area contributed by atoms with Gasteiger partial charge in [0.2, 0.25) is 0 Å². The molecule has 0 aliphatic heterocycles. The van der Waals surface area contributed by atoms with E-state index in [0.717, 1.165) is 184 Å². The number of halogens is 1. The molecule has 20 rings (SSSR count). The van der Waals surface area contributed by atoms with Crippen LogP contribution in [0.15, 0.2) is 460 Å². The van der Waals surface area contributed by atoms with Crippen LogP contribution in [0.5, 0.6) is 0 Å². The van der Waals surface area contributed by atoms with Crippen LogP contribution in [0.25, 0.3) is 180 Å². The zero-order valence-electron chi connectivity index (χ0n) is 68.3. The molecule has 12 nitrogen and oxygen atoms in total. The summed E-state index contributed by atoms with van der Waals surface area (Å²) in [5.74, 6) is 1.90. The van der Waals surface area contributed by atoms with Crippen molar-refractivity contribution in [3.05, 3.63) is 466 Å². The van der Waals surface area contributed by atoms with Crippen molar-refractivity contribution in [3.8, 4) is 180 Å². The Morgan fingerprint density at radius 3 is 0.849 bits per heavy atom. The highest BCUT2D eigenvalue weighted by molar-refractivity contribution is 9.10. The average Bonchev–Trinajstić information content (AvgIpc) is 0.778. The van der Waals surface area contributed by atoms with Gasteiger partial charge in [-0.25, -0.2) is 29.9 Å². The molecule has 0 radical (unpaired) electrons. The Labute approximate surface area is 740 Å². The zero-order chi connectivity index (χ0) is 85.3. The van der Waals surface area contributed by atoms with Gasteiger partial charge >= 0.3 is 0 Å². The second-order valence-corrected chi connectivity index (χ2v) is 30.8. The molecule has 0 atom stereocenters. The quantitative estimate of drug-likeness (QED) is 0.0695. The van der Waals surface area contributed by atoms with E-state index in [2.05, 4.69) is 213 Å². The smallest absolute Gasteiger partial charge is 0.255 e. The number of aromatic nitrogens is 8. The summed E-state index contributed by atoms with van der Waals surface area (Å²) in [6.45, 7) is 0. The molecule has 20 aromatic rings. The van der Waals surface area contributed by atoms with E-state index in [0.29, 0.717) is 23.0 Å². The number of nitrogens with zero attached hydrogens (tertiary/aromatic N) is 8. The van der Waals surface area contributed by atoms with Gasteiger partial charge in [0, 0.05) is 130 Å². The van der Waals surface area contributed by atoms with Gasteiger partial charge in [0.05, 0.1) is 45.5 Å². The lowest BCUT2D eigenvalue weighted by Gasteiger charge is -2.19. The first kappa shape index (κ1) is 80.5. The second kappa shape index (κ2) is 38.0. The van der Waals surface area contributed by atoms with Crippen LogP contribution in [0, 0.1) is 0 Å². The number of nitrogen functional groups attached to an aromatic ring is 2. The van der Waals surface area contributed by atoms with Crippen molar-refractivity contribution in [1.29, 1.82) is 0 Å². The maximum absolute atomic E-state index is 13.7. The predicted molar refractivity (Wildman–Crippen MR) is 520 cm³/mol. The molecule has 0 aliphatic rings. The lowest BCUT2D eigenvalue weighted by molar-refractivity contribution is 0.102. The number of rotatable bonds is 18. The predicted octanol–water partition coefficient (Wildman–Crippen LogP) is 28.1. The third kappa shape index (κ3) is 18.3. The summed E-state index contributed by atoms with van der Waals surface area (Å²) in [5, 5.41) is 3.29. The molecule has 5 heterocycles. The van der Waals surface area contributed by atoms with Gasteiger partial charge in [-0.3, -0.25) is 14.8 Å². The molecule has 0 fully saturated rings. The minimum atomic E-state index is -0.178. The molecular formula is C113H80BrN11O. The van der Waals surface area contributed by atoms with Crippen molar-refractivity contribution >= 4 is 38.9 Å². The van der Waals surface area contributed by atoms with E-state index >= 15 is 0 Å². The Kier molecular flexibility index (Phi) is 24.3. The van der Waals surface area contributed by atoms with E-state index in [1.54, 1.807) is 12.4 Å². The molecule has 5 aromatic heterocycles. The maximum Gasteiger partial charge on any atom is 0.255 e. The Morgan fingerprint density at radius 2 is 0.484 bits per heavy atom. The molecule has 0 bridgehead atoms. The lowest BCUT2D eigenvalue weighted by Crippen LogP contribution is -2.13. The summed E-state index contributed by atoms with van der Waals surface area (Å²) in [7, 11) is 0. The van der Waals surface area contributed by atoms with Crippen LogP contribution < -0.4 is 16.8 Å². The van der Waals surface area contributed by atoms with Crippen molar-refractivity contribution in [2.75, 3.05) is 16.8 Å². The topological polar surface area (TPSA) is 184 Å². The molecule has 5 N–H and O–H groups in total. The summed E-state index contributed by atoms with van der Waals surface area (Å²) in [5.41, 5.74) is 44.3. The van der Waals surface area contributed by atoms with Crippen LogP contribution in [0.2, 0.25) is 0 Å². The molecular weight excluding hydrogens is 1610 g/mol. The van der Waals surface area contributed by atoms with Crippen LogP contribution in [0.4, 0.5) is 17.1 Å². The monoisotopic (exact) mass is 1690 g/mol. The fourth-order valence-corrected chi connectivity index (χ4v) is 15.8. The Balaban J connectivity index is 0.000000131. The zero-order valence-corrected chi connectivity index (χ0v) is 69.9. The number of benzene rings is 15. The average molecular weight is 1690 g/mol. The van der Waals surface area contributed by atoms with Crippen molar-refractivity contribution in [2.24, 2.45) is 0 Å². The van der Waals surface area contributed by atoms with Gasteiger partial charge in [0.15, 0.2) is 17.5 Å². The Morgan fingerprint density at radius 1 is 0.222 bits per heavy atom. The van der Waals surface area contributed by atoms with E-state index in [-0.39, 0.29) is 5.91 Å². The normalized spacial score (nSPS) is 10.8. The second-order valence-electron chi connectivity index (χ2n) is 29.9. The van der Waals surface area contributed by atoms with Crippen molar-refractivity contribution in [2.45, 2.75) is 0 Å². The van der Waals surface area contributed by atoms with Crippen LogP contribution in [0.1, 0.15) is 10.4 Å². The number of pyridine rings is 2. The number of amides is 1. The van der Waals surface area contributed by atoms with Gasteiger partial charge in [-0.1, -0.05) is 382 Å². The largest absolute Gasteiger partial charge is 0.398 e. The standard InChI is InChI=1S/C46H32N4O.C39H28N4.C28H20BrN3/c51-46(36-18-8-3-9-19-36)50-44-39(23-12-24-41(44)40-22-11-10-21-38(40)37-20-13-29-47-31-37)32-25-27-34(28-26-32)43-30-42(33-14-4-1-5-15-33)48-45(49-43)35-16-6-2-7-17-35;40-38-33(18-9-19-35(38)34-17-8-7-16-32(34)31-15-10-24-41-26-31)27-20-22-29(23-21-27)37-25-36(28-11-3-1-4-12-28)42-39(43-37)30-13-5-2-6-14-30;29-24-13-7-12-23(27(24)30)19-14-16-21(17-15-19)26-18-25(20-8-3-1-4-9-20)31-28(32-26)22-10-5-2-6-11-22/h1-31H,(H,50,51);1-26H,40H2;1-18H,30H2.